The predicted molar refractivity (Wildman–Crippen MR) is 162 cm³/mol. The van der Waals surface area contributed by atoms with E-state index in [1.54, 1.807) is 11.1 Å². The minimum Gasteiger partial charge on any atom is -0.398 e. The molecule has 2 aliphatic heterocycles. The van der Waals surface area contributed by atoms with Crippen molar-refractivity contribution in [2.75, 3.05) is 23.7 Å². The van der Waals surface area contributed by atoms with Gasteiger partial charge in [0.1, 0.15) is 23.0 Å². The fraction of sp³-hybridized carbons (Fsp3) is 0.387. The Morgan fingerprint density at radius 1 is 1.14 bits per heavy atom. The Morgan fingerprint density at radius 3 is 2.45 bits per heavy atom. The summed E-state index contributed by atoms with van der Waals surface area (Å²) in [5, 5.41) is 0.290. The van der Waals surface area contributed by atoms with Crippen LogP contribution in [-0.4, -0.2) is 62.8 Å². The summed E-state index contributed by atoms with van der Waals surface area (Å²) in [6.45, 7) is 14.0. The summed E-state index contributed by atoms with van der Waals surface area (Å²) in [5.74, 6) is -1.42. The maximum absolute atomic E-state index is 15.9. The van der Waals surface area contributed by atoms with Crippen LogP contribution in [0.4, 0.5) is 20.3 Å². The summed E-state index contributed by atoms with van der Waals surface area (Å²) >= 11 is 0. The highest BCUT2D eigenvalue weighted by atomic mass is 19.1. The van der Waals surface area contributed by atoms with Crippen LogP contribution in [0.15, 0.2) is 58.4 Å². The van der Waals surface area contributed by atoms with Crippen molar-refractivity contribution in [3.05, 3.63) is 70.7 Å². The van der Waals surface area contributed by atoms with Gasteiger partial charge in [0.15, 0.2) is 5.82 Å². The van der Waals surface area contributed by atoms with Crippen molar-refractivity contribution in [2.45, 2.75) is 58.8 Å². The first-order chi connectivity index (χ1) is 19.9. The number of aromatic nitrogens is 3. The first kappa shape index (κ1) is 29.1. The molecule has 3 aromatic rings. The van der Waals surface area contributed by atoms with Gasteiger partial charge < -0.3 is 15.5 Å². The molecule has 0 bridgehead atoms. The third-order valence-electron chi connectivity index (χ3n) is 8.11. The Labute approximate surface area is 243 Å². The molecule has 1 saturated heterocycles. The number of hydrogen-bond acceptors (Lipinski definition) is 7. The van der Waals surface area contributed by atoms with Crippen molar-refractivity contribution in [3.8, 4) is 11.3 Å². The fourth-order valence-electron chi connectivity index (χ4n) is 6.22. The second kappa shape index (κ2) is 11.1. The summed E-state index contributed by atoms with van der Waals surface area (Å²) in [6.07, 6.45) is 4.82. The summed E-state index contributed by atoms with van der Waals surface area (Å²) in [4.78, 5) is 43.9. The van der Waals surface area contributed by atoms with Crippen LogP contribution in [-0.2, 0) is 4.79 Å². The van der Waals surface area contributed by atoms with E-state index in [0.29, 0.717) is 18.5 Å². The molecule has 11 heteroatoms. The van der Waals surface area contributed by atoms with Crippen LogP contribution in [0.5, 0.6) is 0 Å². The maximum atomic E-state index is 15.9. The number of nitrogens with zero attached hydrogens (tertiary/aromatic N) is 6. The SMILES string of the molecule is C=CC(=O)N1[C@H](C)CN(c2nc(=O)n([C@H]3C(C)=CC=N[C@H]3C(C)C)c3nc(-c4c(N)cccc4F)c(F)cc23)C[C@@H]1C. The molecule has 0 spiro atoms. The van der Waals surface area contributed by atoms with Crippen LogP contribution in [0, 0.1) is 17.6 Å². The molecule has 9 nitrogen and oxygen atoms in total. The van der Waals surface area contributed by atoms with Gasteiger partial charge in [-0.25, -0.2) is 18.6 Å². The lowest BCUT2D eigenvalue weighted by molar-refractivity contribution is -0.130. The van der Waals surface area contributed by atoms with Gasteiger partial charge in [-0.15, -0.1) is 0 Å². The molecule has 220 valence electrons. The molecule has 4 atom stereocenters. The van der Waals surface area contributed by atoms with E-state index in [-0.39, 0.29) is 58.4 Å². The third-order valence-corrected chi connectivity index (χ3v) is 8.11. The number of piperazine rings is 1. The number of allylic oxidation sites excluding steroid dienone is 1. The van der Waals surface area contributed by atoms with Crippen molar-refractivity contribution >= 4 is 34.7 Å². The summed E-state index contributed by atoms with van der Waals surface area (Å²) in [6, 6.07) is 4.00. The fourth-order valence-corrected chi connectivity index (χ4v) is 6.22. The molecule has 1 fully saturated rings. The number of pyridine rings is 1. The standard InChI is InChI=1S/C31H35F2N7O2/c1-7-24(41)39-18(5)14-38(15-19(39)6)29-20-13-22(33)27(25-21(32)9-8-10-23(25)34)36-30(20)40(31(42)37-29)28-17(4)11-12-35-26(28)16(2)3/h7-13,16,18-19,26,28H,1,14-15,34H2,2-6H3/t18-,19+,26-,28-/m0/s1. The molecule has 0 radical (unpaired) electrons. The second-order valence-corrected chi connectivity index (χ2v) is 11.4. The quantitative estimate of drug-likeness (QED) is 0.354. The molecule has 0 aliphatic carbocycles. The van der Waals surface area contributed by atoms with Gasteiger partial charge >= 0.3 is 5.69 Å². The number of fused-ring (bicyclic) bond motifs is 1. The van der Waals surface area contributed by atoms with Gasteiger partial charge in [-0.1, -0.05) is 26.5 Å². The van der Waals surface area contributed by atoms with Gasteiger partial charge in [0.25, 0.3) is 0 Å². The number of dihydropyridines is 1. The van der Waals surface area contributed by atoms with Crippen LogP contribution >= 0.6 is 0 Å². The largest absolute Gasteiger partial charge is 0.398 e. The average Bonchev–Trinajstić information content (AvgIpc) is 2.92. The van der Waals surface area contributed by atoms with Crippen molar-refractivity contribution in [2.24, 2.45) is 10.9 Å². The normalized spacial score (nSPS) is 22.5. The van der Waals surface area contributed by atoms with E-state index in [4.69, 9.17) is 5.73 Å². The molecule has 2 aliphatic rings. The van der Waals surface area contributed by atoms with Crippen molar-refractivity contribution in [1.29, 1.82) is 0 Å². The van der Waals surface area contributed by atoms with E-state index >= 15 is 8.78 Å². The number of aliphatic imine (C=N–C) groups is 1. The number of carbonyl (C=O) groups excluding carboxylic acids is 1. The Balaban J connectivity index is 1.79. The summed E-state index contributed by atoms with van der Waals surface area (Å²) in [7, 11) is 0. The predicted octanol–water partition coefficient (Wildman–Crippen LogP) is 4.53. The Bertz CT molecular complexity index is 1660. The lowest BCUT2D eigenvalue weighted by atomic mass is 9.90. The van der Waals surface area contributed by atoms with Gasteiger partial charge in [0.2, 0.25) is 5.91 Å². The van der Waals surface area contributed by atoms with E-state index in [2.05, 4.69) is 21.5 Å². The number of rotatable bonds is 5. The number of nitrogens with two attached hydrogens (primary N) is 1. The van der Waals surface area contributed by atoms with Crippen molar-refractivity contribution in [1.82, 2.24) is 19.4 Å². The van der Waals surface area contributed by atoms with Gasteiger partial charge in [-0.2, -0.15) is 4.98 Å². The van der Waals surface area contributed by atoms with Crippen molar-refractivity contribution in [3.63, 3.8) is 0 Å². The van der Waals surface area contributed by atoms with Crippen LogP contribution in [0.25, 0.3) is 22.3 Å². The van der Waals surface area contributed by atoms with Gasteiger partial charge in [-0.3, -0.25) is 14.4 Å². The van der Waals surface area contributed by atoms with E-state index in [1.807, 2.05) is 45.6 Å². The van der Waals surface area contributed by atoms with E-state index in [9.17, 15) is 9.59 Å². The van der Waals surface area contributed by atoms with Crippen LogP contribution in [0.3, 0.4) is 0 Å². The number of halogens is 2. The zero-order chi connectivity index (χ0) is 30.5. The molecule has 5 rings (SSSR count). The van der Waals surface area contributed by atoms with E-state index in [1.165, 1.54) is 34.9 Å². The van der Waals surface area contributed by atoms with Crippen LogP contribution in [0.2, 0.25) is 0 Å². The number of anilines is 2. The molecule has 0 unspecified atom stereocenters. The first-order valence-corrected chi connectivity index (χ1v) is 14.0. The number of benzene rings is 1. The molecular weight excluding hydrogens is 540 g/mol. The average molecular weight is 576 g/mol. The third kappa shape index (κ3) is 4.86. The van der Waals surface area contributed by atoms with Crippen LogP contribution < -0.4 is 16.3 Å². The minimum absolute atomic E-state index is 0.0213. The van der Waals surface area contributed by atoms with Crippen molar-refractivity contribution < 1.29 is 13.6 Å². The number of amides is 1. The molecule has 42 heavy (non-hydrogen) atoms. The van der Waals surface area contributed by atoms with Gasteiger partial charge in [0, 0.05) is 37.1 Å². The topological polar surface area (TPSA) is 110 Å². The number of hydrogen-bond donors (Lipinski definition) is 1. The van der Waals surface area contributed by atoms with E-state index in [0.717, 1.165) is 5.57 Å². The summed E-state index contributed by atoms with van der Waals surface area (Å²) < 4.78 is 32.4. The maximum Gasteiger partial charge on any atom is 0.351 e. The second-order valence-electron chi connectivity index (χ2n) is 11.4. The highest BCUT2D eigenvalue weighted by Gasteiger charge is 2.36. The smallest absolute Gasteiger partial charge is 0.351 e. The Kier molecular flexibility index (Phi) is 7.70. The molecule has 4 heterocycles. The lowest BCUT2D eigenvalue weighted by Crippen LogP contribution is -2.58. The monoisotopic (exact) mass is 575 g/mol. The zero-order valence-electron chi connectivity index (χ0n) is 24.4. The summed E-state index contributed by atoms with van der Waals surface area (Å²) in [5.41, 5.74) is 6.05. The van der Waals surface area contributed by atoms with Crippen LogP contribution in [0.1, 0.15) is 40.7 Å². The van der Waals surface area contributed by atoms with Gasteiger partial charge in [0.05, 0.1) is 23.0 Å². The molecule has 1 amide bonds. The number of carbonyl (C=O) groups is 1. The lowest BCUT2D eigenvalue weighted by Gasteiger charge is -2.44. The first-order valence-electron chi connectivity index (χ1n) is 14.0. The highest BCUT2D eigenvalue weighted by Crippen LogP contribution is 2.37. The minimum atomic E-state index is -0.802. The van der Waals surface area contributed by atoms with E-state index < -0.39 is 23.4 Å². The Hall–Kier alpha value is -4.41. The molecular formula is C31H35F2N7O2. The van der Waals surface area contributed by atoms with Gasteiger partial charge in [-0.05, 0) is 62.6 Å². The highest BCUT2D eigenvalue weighted by molar-refractivity contribution is 5.91. The molecule has 2 aromatic heterocycles. The number of nitrogen functional groups attached to an aromatic ring is 1. The Morgan fingerprint density at radius 2 is 1.83 bits per heavy atom. The zero-order valence-corrected chi connectivity index (χ0v) is 24.4. The molecule has 0 saturated carbocycles. The molecule has 2 N–H and O–H groups in total. The molecule has 1 aromatic carbocycles.